The van der Waals surface area contributed by atoms with Crippen molar-refractivity contribution in [3.8, 4) is 17.2 Å². The molecule has 0 bridgehead atoms. The minimum atomic E-state index is -0.198. The molecule has 0 aliphatic carbocycles. The lowest BCUT2D eigenvalue weighted by atomic mass is 10.1. The summed E-state index contributed by atoms with van der Waals surface area (Å²) < 4.78 is 17.3. The number of fused-ring (bicyclic) bond motifs is 1. The molecule has 0 unspecified atom stereocenters. The summed E-state index contributed by atoms with van der Waals surface area (Å²) in [6.45, 7) is 4.15. The van der Waals surface area contributed by atoms with Gasteiger partial charge in [0.25, 0.3) is 0 Å². The molecular weight excluding hydrogens is 392 g/mol. The minimum absolute atomic E-state index is 0.0952. The summed E-state index contributed by atoms with van der Waals surface area (Å²) in [6.07, 6.45) is 1.69. The summed E-state index contributed by atoms with van der Waals surface area (Å²) in [4.78, 5) is 25.2. The summed E-state index contributed by atoms with van der Waals surface area (Å²) in [5, 5.41) is 0. The van der Waals surface area contributed by atoms with Crippen molar-refractivity contribution in [3.05, 3.63) is 94.7 Å². The summed E-state index contributed by atoms with van der Waals surface area (Å²) in [7, 11) is 0. The van der Waals surface area contributed by atoms with Crippen molar-refractivity contribution in [2.75, 3.05) is 13.2 Å². The highest BCUT2D eigenvalue weighted by Crippen LogP contribution is 2.39. The van der Waals surface area contributed by atoms with Crippen LogP contribution in [-0.2, 0) is 0 Å². The molecule has 31 heavy (non-hydrogen) atoms. The highest BCUT2D eigenvalue weighted by molar-refractivity contribution is 6.15. The van der Waals surface area contributed by atoms with Crippen LogP contribution in [-0.4, -0.2) is 24.8 Å². The highest BCUT2D eigenvalue weighted by Gasteiger charge is 2.30. The van der Waals surface area contributed by atoms with Crippen LogP contribution in [0.25, 0.3) is 6.08 Å². The van der Waals surface area contributed by atoms with Gasteiger partial charge in [0.15, 0.2) is 18.1 Å². The summed E-state index contributed by atoms with van der Waals surface area (Å²) >= 11 is 0. The zero-order valence-electron chi connectivity index (χ0n) is 17.4. The molecule has 0 fully saturated rings. The van der Waals surface area contributed by atoms with Gasteiger partial charge in [0, 0.05) is 16.7 Å². The molecule has 0 radical (unpaired) electrons. The molecule has 0 N–H and O–H groups in total. The van der Waals surface area contributed by atoms with Crippen LogP contribution in [0.1, 0.15) is 38.8 Å². The van der Waals surface area contributed by atoms with Gasteiger partial charge in [-0.15, -0.1) is 0 Å². The third-order valence-corrected chi connectivity index (χ3v) is 5.00. The molecule has 1 heterocycles. The Labute approximate surface area is 180 Å². The standard InChI is InChI=1S/C26H22O5/c1-3-29-23-12-8-7-11-19(23)15-24-25(28)20-13-14-22(17(2)26(20)31-24)30-16-21(27)18-9-5-4-6-10-18/h4-15H,3,16H2,1-2H3/b24-15-. The Morgan fingerprint density at radius 2 is 1.68 bits per heavy atom. The van der Waals surface area contributed by atoms with Gasteiger partial charge in [0.1, 0.15) is 17.2 Å². The van der Waals surface area contributed by atoms with Gasteiger partial charge in [-0.25, -0.2) is 0 Å². The predicted molar refractivity (Wildman–Crippen MR) is 118 cm³/mol. The van der Waals surface area contributed by atoms with E-state index in [-0.39, 0.29) is 23.9 Å². The van der Waals surface area contributed by atoms with Gasteiger partial charge in [0.2, 0.25) is 5.78 Å². The molecule has 0 spiro atoms. The Kier molecular flexibility index (Phi) is 5.85. The van der Waals surface area contributed by atoms with Gasteiger partial charge in [-0.2, -0.15) is 0 Å². The van der Waals surface area contributed by atoms with Gasteiger partial charge in [-0.3, -0.25) is 9.59 Å². The van der Waals surface area contributed by atoms with Crippen LogP contribution >= 0.6 is 0 Å². The number of ketones is 2. The molecule has 1 aliphatic rings. The van der Waals surface area contributed by atoms with Gasteiger partial charge >= 0.3 is 0 Å². The number of carbonyl (C=O) groups is 2. The largest absolute Gasteiger partial charge is 0.493 e. The summed E-state index contributed by atoms with van der Waals surface area (Å²) in [5.41, 5.74) is 2.50. The van der Waals surface area contributed by atoms with E-state index in [0.717, 1.165) is 5.56 Å². The molecule has 0 atom stereocenters. The van der Waals surface area contributed by atoms with E-state index in [1.165, 1.54) is 0 Å². The van der Waals surface area contributed by atoms with Crippen molar-refractivity contribution in [1.29, 1.82) is 0 Å². The zero-order valence-corrected chi connectivity index (χ0v) is 17.4. The van der Waals surface area contributed by atoms with E-state index in [0.29, 0.717) is 40.5 Å². The van der Waals surface area contributed by atoms with E-state index in [9.17, 15) is 9.59 Å². The normalized spacial score (nSPS) is 13.6. The Bertz CT molecular complexity index is 1160. The first kappa shape index (κ1) is 20.4. The number of para-hydroxylation sites is 1. The second kappa shape index (κ2) is 8.88. The first-order valence-electron chi connectivity index (χ1n) is 10.1. The van der Waals surface area contributed by atoms with Crippen LogP contribution in [0.4, 0.5) is 0 Å². The maximum Gasteiger partial charge on any atom is 0.231 e. The lowest BCUT2D eigenvalue weighted by Crippen LogP contribution is -2.12. The molecule has 3 aromatic rings. The molecular formula is C26H22O5. The van der Waals surface area contributed by atoms with Gasteiger partial charge in [0.05, 0.1) is 12.2 Å². The fourth-order valence-corrected chi connectivity index (χ4v) is 3.40. The van der Waals surface area contributed by atoms with E-state index in [4.69, 9.17) is 14.2 Å². The number of ether oxygens (including phenoxy) is 3. The number of carbonyl (C=O) groups excluding carboxylic acids is 2. The second-order valence-electron chi connectivity index (χ2n) is 7.05. The summed E-state index contributed by atoms with van der Waals surface area (Å²) in [5.74, 6) is 1.55. The Morgan fingerprint density at radius 3 is 2.45 bits per heavy atom. The summed E-state index contributed by atoms with van der Waals surface area (Å²) in [6, 6.07) is 19.8. The molecule has 3 aromatic carbocycles. The van der Waals surface area contributed by atoms with Crippen LogP contribution in [0, 0.1) is 6.92 Å². The zero-order chi connectivity index (χ0) is 21.8. The van der Waals surface area contributed by atoms with Crippen LogP contribution in [0.15, 0.2) is 72.5 Å². The van der Waals surface area contributed by atoms with Gasteiger partial charge in [-0.1, -0.05) is 48.5 Å². The van der Waals surface area contributed by atoms with E-state index in [2.05, 4.69) is 0 Å². The monoisotopic (exact) mass is 414 g/mol. The average molecular weight is 414 g/mol. The molecule has 1 aliphatic heterocycles. The van der Waals surface area contributed by atoms with Gasteiger partial charge < -0.3 is 14.2 Å². The third-order valence-electron chi connectivity index (χ3n) is 5.00. The Hall–Kier alpha value is -3.86. The van der Waals surface area contributed by atoms with Crippen LogP contribution in [0.2, 0.25) is 0 Å². The fraction of sp³-hybridized carbons (Fsp3) is 0.154. The smallest absolute Gasteiger partial charge is 0.231 e. The van der Waals surface area contributed by atoms with E-state index >= 15 is 0 Å². The van der Waals surface area contributed by atoms with Crippen molar-refractivity contribution < 1.29 is 23.8 Å². The quantitative estimate of drug-likeness (QED) is 0.389. The van der Waals surface area contributed by atoms with E-state index < -0.39 is 0 Å². The maximum absolute atomic E-state index is 12.9. The minimum Gasteiger partial charge on any atom is -0.493 e. The molecule has 5 nitrogen and oxygen atoms in total. The number of allylic oxidation sites excluding steroid dienone is 1. The average Bonchev–Trinajstić information content (AvgIpc) is 3.11. The van der Waals surface area contributed by atoms with E-state index in [1.807, 2.05) is 56.3 Å². The molecule has 0 aromatic heterocycles. The number of Topliss-reactive ketones (excluding diaryl/α,β-unsaturated/α-hetero) is 2. The number of hydrogen-bond acceptors (Lipinski definition) is 5. The Morgan fingerprint density at radius 1 is 0.935 bits per heavy atom. The highest BCUT2D eigenvalue weighted by atomic mass is 16.5. The van der Waals surface area contributed by atoms with Crippen LogP contribution in [0.5, 0.6) is 17.2 Å². The van der Waals surface area contributed by atoms with Crippen LogP contribution < -0.4 is 14.2 Å². The van der Waals surface area contributed by atoms with E-state index in [1.54, 1.807) is 30.3 Å². The number of benzene rings is 3. The lowest BCUT2D eigenvalue weighted by molar-refractivity contribution is 0.0920. The Balaban J connectivity index is 1.55. The predicted octanol–water partition coefficient (Wildman–Crippen LogP) is 5.27. The number of rotatable bonds is 7. The molecule has 156 valence electrons. The number of hydrogen-bond donors (Lipinski definition) is 0. The topological polar surface area (TPSA) is 61.8 Å². The van der Waals surface area contributed by atoms with Crippen molar-refractivity contribution in [3.63, 3.8) is 0 Å². The second-order valence-corrected chi connectivity index (χ2v) is 7.05. The first-order valence-corrected chi connectivity index (χ1v) is 10.1. The van der Waals surface area contributed by atoms with Crippen molar-refractivity contribution in [2.24, 2.45) is 0 Å². The van der Waals surface area contributed by atoms with Crippen molar-refractivity contribution in [1.82, 2.24) is 0 Å². The molecule has 5 heteroatoms. The fourth-order valence-electron chi connectivity index (χ4n) is 3.40. The van der Waals surface area contributed by atoms with Gasteiger partial charge in [-0.05, 0) is 38.1 Å². The molecule has 0 amide bonds. The van der Waals surface area contributed by atoms with Crippen molar-refractivity contribution in [2.45, 2.75) is 13.8 Å². The SMILES string of the molecule is CCOc1ccccc1/C=C1\Oc2c(ccc(OCC(=O)c3ccccc3)c2C)C1=O. The van der Waals surface area contributed by atoms with Crippen molar-refractivity contribution >= 4 is 17.6 Å². The van der Waals surface area contributed by atoms with Crippen LogP contribution in [0.3, 0.4) is 0 Å². The molecule has 0 saturated carbocycles. The maximum atomic E-state index is 12.9. The molecule has 0 saturated heterocycles. The third kappa shape index (κ3) is 4.21. The lowest BCUT2D eigenvalue weighted by Gasteiger charge is -2.11. The molecule has 4 rings (SSSR count). The first-order chi connectivity index (χ1) is 15.1.